The number of aromatic amines is 1. The first-order valence-corrected chi connectivity index (χ1v) is 4.97. The lowest BCUT2D eigenvalue weighted by Gasteiger charge is -1.94. The topological polar surface area (TPSA) is 37.8 Å². The molecule has 0 saturated carbocycles. The number of carbonyl (C=O) groups excluding carboxylic acids is 1. The summed E-state index contributed by atoms with van der Waals surface area (Å²) < 4.78 is 1.86. The van der Waals surface area contributed by atoms with Crippen molar-refractivity contribution in [2.24, 2.45) is 0 Å². The molecule has 2 rings (SSSR count). The van der Waals surface area contributed by atoms with Crippen molar-refractivity contribution in [2.75, 3.05) is 0 Å². The summed E-state index contributed by atoms with van der Waals surface area (Å²) in [4.78, 5) is 14.2. The van der Waals surface area contributed by atoms with Gasteiger partial charge in [-0.25, -0.2) is 0 Å². The Kier molecular flexibility index (Phi) is 2.51. The summed E-state index contributed by atoms with van der Waals surface area (Å²) in [6.07, 6.45) is 1.72. The zero-order chi connectivity index (χ0) is 10.8. The van der Waals surface area contributed by atoms with Crippen LogP contribution in [0.5, 0.6) is 0 Å². The Labute approximate surface area is 92.4 Å². The van der Waals surface area contributed by atoms with E-state index in [0.717, 1.165) is 11.3 Å². The number of hydrogen-bond acceptors (Lipinski definition) is 2. The molecule has 0 atom stereocenters. The van der Waals surface area contributed by atoms with Gasteiger partial charge in [0.15, 0.2) is 4.77 Å². The fourth-order valence-corrected chi connectivity index (χ4v) is 1.68. The Hall–Kier alpha value is -1.68. The van der Waals surface area contributed by atoms with Crippen LogP contribution in [-0.4, -0.2) is 15.5 Å². The minimum Gasteiger partial charge on any atom is -0.330 e. The molecule has 76 valence electrons. The summed E-state index contributed by atoms with van der Waals surface area (Å²) in [5.41, 5.74) is 1.87. The minimum atomic E-state index is -0.0848. The minimum absolute atomic E-state index is 0.0848. The molecule has 1 N–H and O–H groups in total. The highest BCUT2D eigenvalue weighted by molar-refractivity contribution is 7.71. The lowest BCUT2D eigenvalue weighted by molar-refractivity contribution is 0.0935. The van der Waals surface area contributed by atoms with E-state index >= 15 is 0 Å². The van der Waals surface area contributed by atoms with Crippen LogP contribution in [0.1, 0.15) is 11.7 Å². The normalized spacial score (nSPS) is 10.2. The maximum absolute atomic E-state index is 11.2. The molecule has 1 aromatic carbocycles. The van der Waals surface area contributed by atoms with E-state index in [-0.39, 0.29) is 5.91 Å². The molecule has 0 fully saturated rings. The van der Waals surface area contributed by atoms with E-state index in [4.69, 9.17) is 12.2 Å². The summed E-state index contributed by atoms with van der Waals surface area (Å²) in [7, 11) is 0. The molecule has 0 bridgehead atoms. The van der Waals surface area contributed by atoms with Gasteiger partial charge in [0.1, 0.15) is 0 Å². The first kappa shape index (κ1) is 9.86. The van der Waals surface area contributed by atoms with Gasteiger partial charge in [0, 0.05) is 13.1 Å². The summed E-state index contributed by atoms with van der Waals surface area (Å²) in [6, 6.07) is 9.75. The number of aromatic nitrogens is 2. The molecule has 0 radical (unpaired) electrons. The molecule has 1 heterocycles. The molecule has 1 aromatic heterocycles. The predicted octanol–water partition coefficient (Wildman–Crippen LogP) is 2.87. The largest absolute Gasteiger partial charge is 0.330 e. The first-order chi connectivity index (χ1) is 7.18. The molecule has 0 aliphatic rings. The zero-order valence-electron chi connectivity index (χ0n) is 8.23. The second-order valence-electron chi connectivity index (χ2n) is 3.23. The van der Waals surface area contributed by atoms with Crippen LogP contribution in [-0.2, 0) is 0 Å². The molecule has 0 unspecified atom stereocenters. The van der Waals surface area contributed by atoms with E-state index in [0.29, 0.717) is 4.77 Å². The number of nitrogens with one attached hydrogen (secondary N) is 1. The van der Waals surface area contributed by atoms with Gasteiger partial charge in [-0.3, -0.25) is 9.36 Å². The van der Waals surface area contributed by atoms with Crippen molar-refractivity contribution in [3.8, 4) is 11.3 Å². The number of nitrogens with zero attached hydrogens (tertiary/aromatic N) is 1. The lowest BCUT2D eigenvalue weighted by Crippen LogP contribution is -2.02. The van der Waals surface area contributed by atoms with Crippen molar-refractivity contribution in [1.29, 1.82) is 0 Å². The highest BCUT2D eigenvalue weighted by Gasteiger charge is 2.04. The third-order valence-electron chi connectivity index (χ3n) is 2.14. The fraction of sp³-hybridized carbons (Fsp3) is 0.0909. The molecular weight excluding hydrogens is 208 g/mol. The van der Waals surface area contributed by atoms with Crippen molar-refractivity contribution in [1.82, 2.24) is 9.55 Å². The van der Waals surface area contributed by atoms with Gasteiger partial charge < -0.3 is 4.98 Å². The molecule has 15 heavy (non-hydrogen) atoms. The molecule has 0 saturated heterocycles. The van der Waals surface area contributed by atoms with Crippen LogP contribution in [0.2, 0.25) is 0 Å². The number of imidazole rings is 1. The Morgan fingerprint density at radius 1 is 1.33 bits per heavy atom. The van der Waals surface area contributed by atoms with Crippen LogP contribution < -0.4 is 0 Å². The van der Waals surface area contributed by atoms with Gasteiger partial charge in [-0.2, -0.15) is 0 Å². The molecule has 4 heteroatoms. The third kappa shape index (κ3) is 1.89. The molecule has 0 aliphatic carbocycles. The van der Waals surface area contributed by atoms with Crippen LogP contribution in [0.4, 0.5) is 0 Å². The van der Waals surface area contributed by atoms with Crippen molar-refractivity contribution in [3.05, 3.63) is 41.3 Å². The maximum atomic E-state index is 11.2. The highest BCUT2D eigenvalue weighted by atomic mass is 32.1. The fourth-order valence-electron chi connectivity index (χ4n) is 1.39. The van der Waals surface area contributed by atoms with E-state index in [1.165, 1.54) is 11.5 Å². The van der Waals surface area contributed by atoms with Crippen molar-refractivity contribution >= 4 is 18.1 Å². The van der Waals surface area contributed by atoms with E-state index in [1.54, 1.807) is 6.20 Å². The number of hydrogen-bond donors (Lipinski definition) is 1. The van der Waals surface area contributed by atoms with Crippen LogP contribution in [0.25, 0.3) is 11.3 Å². The molecule has 0 aliphatic heterocycles. The summed E-state index contributed by atoms with van der Waals surface area (Å²) in [6.45, 7) is 1.48. The number of rotatable bonds is 1. The third-order valence-corrected chi connectivity index (χ3v) is 2.44. The van der Waals surface area contributed by atoms with Gasteiger partial charge in [-0.15, -0.1) is 0 Å². The maximum Gasteiger partial charge on any atom is 0.229 e. The SMILES string of the molecule is CC(=O)n1cc(-c2ccccc2)[nH]c1=S. The second kappa shape index (κ2) is 3.82. The number of carbonyl (C=O) groups is 1. The van der Waals surface area contributed by atoms with E-state index in [1.807, 2.05) is 30.3 Å². The van der Waals surface area contributed by atoms with Gasteiger partial charge in [0.25, 0.3) is 0 Å². The van der Waals surface area contributed by atoms with Crippen molar-refractivity contribution < 1.29 is 4.79 Å². The van der Waals surface area contributed by atoms with Crippen molar-refractivity contribution in [3.63, 3.8) is 0 Å². The highest BCUT2D eigenvalue weighted by Crippen LogP contribution is 2.16. The smallest absolute Gasteiger partial charge is 0.229 e. The molecule has 0 spiro atoms. The quantitative estimate of drug-likeness (QED) is 0.747. The average molecular weight is 218 g/mol. The standard InChI is InChI=1S/C11H10N2OS/c1-8(14)13-7-10(12-11(13)15)9-5-3-2-4-6-9/h2-7H,1H3,(H,12,15). The number of benzene rings is 1. The monoisotopic (exact) mass is 218 g/mol. The van der Waals surface area contributed by atoms with Gasteiger partial charge in [-0.05, 0) is 17.8 Å². The van der Waals surface area contributed by atoms with Crippen LogP contribution >= 0.6 is 12.2 Å². The van der Waals surface area contributed by atoms with Gasteiger partial charge in [0.2, 0.25) is 5.91 Å². The van der Waals surface area contributed by atoms with E-state index < -0.39 is 0 Å². The van der Waals surface area contributed by atoms with Crippen LogP contribution in [0, 0.1) is 4.77 Å². The summed E-state index contributed by atoms with van der Waals surface area (Å²) in [5, 5.41) is 0. The van der Waals surface area contributed by atoms with Crippen molar-refractivity contribution in [2.45, 2.75) is 6.92 Å². The van der Waals surface area contributed by atoms with Gasteiger partial charge in [-0.1, -0.05) is 30.3 Å². The first-order valence-electron chi connectivity index (χ1n) is 4.56. The van der Waals surface area contributed by atoms with Gasteiger partial charge in [0.05, 0.1) is 5.69 Å². The number of H-pyrrole nitrogens is 1. The second-order valence-corrected chi connectivity index (χ2v) is 3.61. The zero-order valence-corrected chi connectivity index (χ0v) is 9.04. The van der Waals surface area contributed by atoms with Crippen LogP contribution in [0.3, 0.4) is 0 Å². The Bertz CT molecular complexity index is 539. The lowest BCUT2D eigenvalue weighted by atomic mass is 10.2. The molecule has 2 aromatic rings. The molecular formula is C11H10N2OS. The van der Waals surface area contributed by atoms with E-state index in [2.05, 4.69) is 4.98 Å². The van der Waals surface area contributed by atoms with Gasteiger partial charge >= 0.3 is 0 Å². The van der Waals surface area contributed by atoms with E-state index in [9.17, 15) is 4.79 Å². The molecule has 3 nitrogen and oxygen atoms in total. The average Bonchev–Trinajstić information content (AvgIpc) is 2.62. The predicted molar refractivity (Wildman–Crippen MR) is 61.4 cm³/mol. The summed E-state index contributed by atoms with van der Waals surface area (Å²) >= 11 is 5.04. The molecule has 0 amide bonds. The van der Waals surface area contributed by atoms with Crippen LogP contribution in [0.15, 0.2) is 36.5 Å². The summed E-state index contributed by atoms with van der Waals surface area (Å²) in [5.74, 6) is -0.0848. The Balaban J connectivity index is 2.53. The Morgan fingerprint density at radius 3 is 2.53 bits per heavy atom. The Morgan fingerprint density at radius 2 is 2.00 bits per heavy atom.